The van der Waals surface area contributed by atoms with Crippen molar-refractivity contribution in [2.75, 3.05) is 0 Å². The van der Waals surface area contributed by atoms with E-state index in [1.54, 1.807) is 48.5 Å². The largest absolute Gasteiger partial charge is 0.457 e. The Kier molecular flexibility index (Phi) is 6.95. The van der Waals surface area contributed by atoms with Gasteiger partial charge in [0.05, 0.1) is 0 Å². The number of carbonyl (C=O) groups is 2. The topological polar surface area (TPSA) is 52.6 Å². The molecule has 0 heterocycles. The normalized spacial score (nSPS) is 10.9. The molecule has 0 radical (unpaired) electrons. The van der Waals surface area contributed by atoms with E-state index in [9.17, 15) is 9.59 Å². The molecule has 0 aromatic heterocycles. The van der Waals surface area contributed by atoms with Crippen molar-refractivity contribution >= 4 is 55.2 Å². The minimum absolute atomic E-state index is 0.388. The predicted octanol–water partition coefficient (Wildman–Crippen LogP) is 10.0. The summed E-state index contributed by atoms with van der Waals surface area (Å²) in [6, 6.07) is 37.5. The van der Waals surface area contributed by atoms with Crippen LogP contribution in [0.25, 0.3) is 32.7 Å². The Morgan fingerprint density at radius 1 is 0.450 bits per heavy atom. The first-order valence-corrected chi connectivity index (χ1v) is 13.2. The fraction of sp³-hybridized carbons (Fsp3) is 0. The fourth-order valence-electron chi connectivity index (χ4n) is 4.75. The van der Waals surface area contributed by atoms with E-state index in [1.165, 1.54) is 0 Å². The highest BCUT2D eigenvalue weighted by molar-refractivity contribution is 6.68. The third kappa shape index (κ3) is 5.03. The zero-order valence-electron chi connectivity index (χ0n) is 20.9. The second-order valence-electron chi connectivity index (χ2n) is 9.12. The number of carbonyl (C=O) groups excluding carboxylic acids is 2. The lowest BCUT2D eigenvalue weighted by atomic mass is 9.92. The Morgan fingerprint density at radius 2 is 0.825 bits per heavy atom. The summed E-state index contributed by atoms with van der Waals surface area (Å²) in [6.45, 7) is 0. The highest BCUT2D eigenvalue weighted by Crippen LogP contribution is 2.47. The lowest BCUT2D eigenvalue weighted by molar-refractivity contribution is 0.107. The third-order valence-corrected chi connectivity index (χ3v) is 7.09. The molecule has 0 unspecified atom stereocenters. The van der Waals surface area contributed by atoms with Crippen LogP contribution in [0.4, 0.5) is 0 Å². The number of hydrogen-bond donors (Lipinski definition) is 0. The fourth-order valence-corrected chi connectivity index (χ4v) is 5.00. The number of fused-ring (bicyclic) bond motifs is 2. The van der Waals surface area contributed by atoms with Gasteiger partial charge in [-0.3, -0.25) is 9.59 Å². The summed E-state index contributed by atoms with van der Waals surface area (Å²) in [5.74, 6) is 2.35. The minimum atomic E-state index is -0.529. The van der Waals surface area contributed by atoms with Crippen LogP contribution in [0.1, 0.15) is 20.7 Å². The molecule has 0 bridgehead atoms. The highest BCUT2D eigenvalue weighted by Gasteiger charge is 2.20. The number of rotatable bonds is 7. The summed E-state index contributed by atoms with van der Waals surface area (Å²) in [5.41, 5.74) is 2.49. The van der Waals surface area contributed by atoms with Crippen molar-refractivity contribution in [1.82, 2.24) is 0 Å². The Hall–Kier alpha value is -4.64. The van der Waals surface area contributed by atoms with Crippen LogP contribution in [0.2, 0.25) is 0 Å². The van der Waals surface area contributed by atoms with Gasteiger partial charge in [-0.25, -0.2) is 0 Å². The van der Waals surface area contributed by atoms with E-state index in [0.717, 1.165) is 32.7 Å². The van der Waals surface area contributed by atoms with Gasteiger partial charge in [0.15, 0.2) is 0 Å². The third-order valence-electron chi connectivity index (χ3n) is 6.65. The van der Waals surface area contributed by atoms with E-state index in [-0.39, 0.29) is 0 Å². The lowest BCUT2D eigenvalue weighted by Crippen LogP contribution is -1.96. The quantitative estimate of drug-likeness (QED) is 0.181. The molecule has 0 aliphatic rings. The molecular weight excluding hydrogens is 543 g/mol. The summed E-state index contributed by atoms with van der Waals surface area (Å²) < 4.78 is 12.9. The van der Waals surface area contributed by atoms with Gasteiger partial charge in [-0.1, -0.05) is 60.7 Å². The minimum Gasteiger partial charge on any atom is -0.457 e. The molecule has 0 aliphatic carbocycles. The van der Waals surface area contributed by atoms with Crippen LogP contribution in [-0.2, 0) is 0 Å². The van der Waals surface area contributed by atoms with Gasteiger partial charge in [-0.2, -0.15) is 0 Å². The van der Waals surface area contributed by atoms with Crippen molar-refractivity contribution in [1.29, 1.82) is 0 Å². The SMILES string of the molecule is O=C(Cl)c1ccc(Oc2ccc3ccccc3c2-c2c(Oc3ccc(C(=O)Cl)cc3)ccc3ccccc23)cc1. The van der Waals surface area contributed by atoms with Crippen molar-refractivity contribution in [3.63, 3.8) is 0 Å². The number of halogens is 2. The van der Waals surface area contributed by atoms with Crippen molar-refractivity contribution < 1.29 is 19.1 Å². The van der Waals surface area contributed by atoms with Crippen LogP contribution in [0, 0.1) is 0 Å². The first-order valence-electron chi connectivity index (χ1n) is 12.5. The zero-order chi connectivity index (χ0) is 27.6. The number of benzene rings is 6. The molecule has 6 rings (SSSR count). The summed E-state index contributed by atoms with van der Waals surface area (Å²) in [7, 11) is 0. The summed E-state index contributed by atoms with van der Waals surface area (Å²) in [5, 5.41) is 2.99. The standard InChI is InChI=1S/C34H20Cl2O4/c35-33(37)23-9-15-25(16-10-23)39-29-19-13-21-5-1-3-7-27(21)31(29)32-28-8-4-2-6-22(28)14-20-30(32)40-26-17-11-24(12-18-26)34(36)38/h1-20H. The van der Waals surface area contributed by atoms with Gasteiger partial charge in [-0.05, 0) is 105 Å². The molecule has 6 aromatic rings. The van der Waals surface area contributed by atoms with E-state index >= 15 is 0 Å². The van der Waals surface area contributed by atoms with Gasteiger partial charge in [0.25, 0.3) is 10.5 Å². The van der Waals surface area contributed by atoms with Crippen LogP contribution in [0.15, 0.2) is 121 Å². The number of hydrogen-bond acceptors (Lipinski definition) is 4. The van der Waals surface area contributed by atoms with Crippen LogP contribution < -0.4 is 9.47 Å². The maximum absolute atomic E-state index is 11.6. The molecule has 0 fully saturated rings. The molecule has 0 amide bonds. The van der Waals surface area contributed by atoms with Crippen molar-refractivity contribution in [3.05, 3.63) is 132 Å². The highest BCUT2D eigenvalue weighted by atomic mass is 35.5. The van der Waals surface area contributed by atoms with Gasteiger partial charge in [0, 0.05) is 22.3 Å². The van der Waals surface area contributed by atoms with Crippen molar-refractivity contribution in [2.24, 2.45) is 0 Å². The van der Waals surface area contributed by atoms with E-state index in [1.807, 2.05) is 48.5 Å². The van der Waals surface area contributed by atoms with E-state index < -0.39 is 10.5 Å². The average Bonchev–Trinajstić information content (AvgIpc) is 2.98. The van der Waals surface area contributed by atoms with E-state index in [2.05, 4.69) is 24.3 Å². The molecule has 4 nitrogen and oxygen atoms in total. The maximum atomic E-state index is 11.6. The first-order chi connectivity index (χ1) is 19.5. The monoisotopic (exact) mass is 562 g/mol. The van der Waals surface area contributed by atoms with Crippen molar-refractivity contribution in [3.8, 4) is 34.1 Å². The number of ether oxygens (including phenoxy) is 2. The first kappa shape index (κ1) is 25.6. The second-order valence-corrected chi connectivity index (χ2v) is 9.81. The van der Waals surface area contributed by atoms with E-state index in [4.69, 9.17) is 32.7 Å². The molecule has 0 saturated heterocycles. The zero-order valence-corrected chi connectivity index (χ0v) is 22.4. The average molecular weight is 563 g/mol. The van der Waals surface area contributed by atoms with Gasteiger partial charge >= 0.3 is 0 Å². The van der Waals surface area contributed by atoms with E-state index in [0.29, 0.717) is 34.1 Å². The molecule has 6 heteroatoms. The molecule has 0 N–H and O–H groups in total. The lowest BCUT2D eigenvalue weighted by Gasteiger charge is -2.19. The Balaban J connectivity index is 1.56. The molecule has 0 aliphatic heterocycles. The molecule has 0 atom stereocenters. The summed E-state index contributed by atoms with van der Waals surface area (Å²) >= 11 is 11.3. The second kappa shape index (κ2) is 10.9. The van der Waals surface area contributed by atoms with Crippen LogP contribution in [-0.4, -0.2) is 10.5 Å². The molecule has 194 valence electrons. The summed E-state index contributed by atoms with van der Waals surface area (Å²) in [4.78, 5) is 23.1. The molecule has 40 heavy (non-hydrogen) atoms. The van der Waals surface area contributed by atoms with Gasteiger partial charge in [-0.15, -0.1) is 0 Å². The molecular formula is C34H20Cl2O4. The van der Waals surface area contributed by atoms with Gasteiger partial charge < -0.3 is 9.47 Å². The Morgan fingerprint density at radius 3 is 1.20 bits per heavy atom. The molecule has 6 aromatic carbocycles. The van der Waals surface area contributed by atoms with Crippen LogP contribution in [0.5, 0.6) is 23.0 Å². The molecule has 0 saturated carbocycles. The van der Waals surface area contributed by atoms with Gasteiger partial charge in [0.1, 0.15) is 23.0 Å². The van der Waals surface area contributed by atoms with Gasteiger partial charge in [0.2, 0.25) is 0 Å². The predicted molar refractivity (Wildman–Crippen MR) is 160 cm³/mol. The summed E-state index contributed by atoms with van der Waals surface area (Å²) in [6.07, 6.45) is 0. The van der Waals surface area contributed by atoms with Crippen LogP contribution >= 0.6 is 23.2 Å². The Bertz CT molecular complexity index is 1750. The Labute approximate surface area is 240 Å². The smallest absolute Gasteiger partial charge is 0.252 e. The molecule has 0 spiro atoms. The van der Waals surface area contributed by atoms with Crippen molar-refractivity contribution in [2.45, 2.75) is 0 Å². The maximum Gasteiger partial charge on any atom is 0.252 e. The van der Waals surface area contributed by atoms with Crippen LogP contribution in [0.3, 0.4) is 0 Å².